The number of piperidine rings is 1. The number of hydrogen-bond donors (Lipinski definition) is 2. The van der Waals surface area contributed by atoms with Crippen LogP contribution < -0.4 is 10.6 Å². The molecule has 0 spiro atoms. The molecule has 1 aliphatic rings. The minimum Gasteiger partial charge on any atom is -0.324 e. The van der Waals surface area contributed by atoms with Crippen LogP contribution in [0, 0.1) is 19.8 Å². The average molecular weight is 233 g/mol. The standard InChI is InChI=1S/C13H19N3O/c1-9-5-6-12(10(2)15-9)16-13(17)11-4-3-7-14-8-11/h5-6,11,14H,3-4,7-8H2,1-2H3,(H,16,17)/t11-/m0/s1. The van der Waals surface area contributed by atoms with Crippen LogP contribution in [-0.4, -0.2) is 24.0 Å². The first-order valence-electron chi connectivity index (χ1n) is 6.12. The fourth-order valence-electron chi connectivity index (χ4n) is 2.13. The van der Waals surface area contributed by atoms with Gasteiger partial charge in [-0.2, -0.15) is 0 Å². The summed E-state index contributed by atoms with van der Waals surface area (Å²) < 4.78 is 0. The summed E-state index contributed by atoms with van der Waals surface area (Å²) in [4.78, 5) is 16.4. The molecule has 0 aliphatic carbocycles. The molecule has 1 aliphatic heterocycles. The summed E-state index contributed by atoms with van der Waals surface area (Å²) in [6.07, 6.45) is 2.04. The first kappa shape index (κ1) is 12.0. The third-order valence-corrected chi connectivity index (χ3v) is 3.15. The molecule has 1 saturated heterocycles. The fraction of sp³-hybridized carbons (Fsp3) is 0.538. The van der Waals surface area contributed by atoms with Crippen molar-refractivity contribution < 1.29 is 4.79 Å². The predicted molar refractivity (Wildman–Crippen MR) is 67.9 cm³/mol. The van der Waals surface area contributed by atoms with E-state index in [4.69, 9.17) is 0 Å². The van der Waals surface area contributed by atoms with Gasteiger partial charge in [0.15, 0.2) is 0 Å². The highest BCUT2D eigenvalue weighted by Crippen LogP contribution is 2.16. The van der Waals surface area contributed by atoms with E-state index in [-0.39, 0.29) is 11.8 Å². The van der Waals surface area contributed by atoms with Crippen LogP contribution >= 0.6 is 0 Å². The summed E-state index contributed by atoms with van der Waals surface area (Å²) in [5.41, 5.74) is 2.67. The Balaban J connectivity index is 2.02. The van der Waals surface area contributed by atoms with Gasteiger partial charge in [-0.05, 0) is 45.4 Å². The number of anilines is 1. The molecular weight excluding hydrogens is 214 g/mol. The van der Waals surface area contributed by atoms with Crippen molar-refractivity contribution in [1.29, 1.82) is 0 Å². The number of hydrogen-bond acceptors (Lipinski definition) is 3. The van der Waals surface area contributed by atoms with E-state index in [1.165, 1.54) is 0 Å². The summed E-state index contributed by atoms with van der Waals surface area (Å²) in [7, 11) is 0. The van der Waals surface area contributed by atoms with E-state index in [9.17, 15) is 4.79 Å². The van der Waals surface area contributed by atoms with Crippen LogP contribution in [0.3, 0.4) is 0 Å². The van der Waals surface area contributed by atoms with Crippen molar-refractivity contribution in [2.24, 2.45) is 5.92 Å². The van der Waals surface area contributed by atoms with Crippen LogP contribution in [0.2, 0.25) is 0 Å². The molecule has 2 heterocycles. The van der Waals surface area contributed by atoms with Gasteiger partial charge >= 0.3 is 0 Å². The van der Waals surface area contributed by atoms with E-state index >= 15 is 0 Å². The molecule has 1 aromatic rings. The van der Waals surface area contributed by atoms with E-state index < -0.39 is 0 Å². The molecule has 4 heteroatoms. The number of aromatic nitrogens is 1. The van der Waals surface area contributed by atoms with Gasteiger partial charge in [0.25, 0.3) is 0 Å². The Kier molecular flexibility index (Phi) is 3.74. The van der Waals surface area contributed by atoms with Crippen molar-refractivity contribution in [2.45, 2.75) is 26.7 Å². The average Bonchev–Trinajstić information content (AvgIpc) is 2.34. The van der Waals surface area contributed by atoms with E-state index in [1.54, 1.807) is 0 Å². The monoisotopic (exact) mass is 233 g/mol. The summed E-state index contributed by atoms with van der Waals surface area (Å²) in [6.45, 7) is 5.67. The minimum absolute atomic E-state index is 0.0875. The van der Waals surface area contributed by atoms with E-state index in [0.717, 1.165) is 43.0 Å². The van der Waals surface area contributed by atoms with Crippen LogP contribution in [-0.2, 0) is 4.79 Å². The normalized spacial score (nSPS) is 20.0. The Morgan fingerprint density at radius 3 is 2.94 bits per heavy atom. The Bertz CT molecular complexity index is 411. The van der Waals surface area contributed by atoms with Crippen LogP contribution in [0.15, 0.2) is 12.1 Å². The number of aryl methyl sites for hydroxylation is 2. The molecule has 92 valence electrons. The molecule has 0 radical (unpaired) electrons. The molecule has 1 fully saturated rings. The number of rotatable bonds is 2. The van der Waals surface area contributed by atoms with Gasteiger partial charge in [-0.1, -0.05) is 0 Å². The second-order valence-electron chi connectivity index (χ2n) is 4.62. The minimum atomic E-state index is 0.0875. The Hall–Kier alpha value is -1.42. The van der Waals surface area contributed by atoms with Gasteiger partial charge in [0.05, 0.1) is 17.3 Å². The van der Waals surface area contributed by atoms with E-state index in [1.807, 2.05) is 26.0 Å². The maximum absolute atomic E-state index is 12.0. The lowest BCUT2D eigenvalue weighted by Gasteiger charge is -2.22. The molecule has 1 aromatic heterocycles. The zero-order valence-electron chi connectivity index (χ0n) is 10.4. The number of carbonyl (C=O) groups is 1. The largest absolute Gasteiger partial charge is 0.324 e. The fourth-order valence-corrected chi connectivity index (χ4v) is 2.13. The third kappa shape index (κ3) is 3.03. The van der Waals surface area contributed by atoms with Crippen LogP contribution in [0.1, 0.15) is 24.2 Å². The topological polar surface area (TPSA) is 54.0 Å². The number of nitrogens with one attached hydrogen (secondary N) is 2. The maximum atomic E-state index is 12.0. The summed E-state index contributed by atoms with van der Waals surface area (Å²) in [6, 6.07) is 3.84. The lowest BCUT2D eigenvalue weighted by Crippen LogP contribution is -2.37. The molecule has 1 atom stereocenters. The number of pyridine rings is 1. The molecule has 0 bridgehead atoms. The van der Waals surface area contributed by atoms with E-state index in [2.05, 4.69) is 15.6 Å². The highest BCUT2D eigenvalue weighted by molar-refractivity contribution is 5.93. The zero-order chi connectivity index (χ0) is 12.3. The summed E-state index contributed by atoms with van der Waals surface area (Å²) >= 11 is 0. The molecular formula is C13H19N3O. The van der Waals surface area contributed by atoms with Crippen LogP contribution in [0.4, 0.5) is 5.69 Å². The van der Waals surface area contributed by atoms with Crippen molar-refractivity contribution >= 4 is 11.6 Å². The molecule has 0 saturated carbocycles. The SMILES string of the molecule is Cc1ccc(NC(=O)[C@H]2CCCNC2)c(C)n1. The second kappa shape index (κ2) is 5.27. The van der Waals surface area contributed by atoms with Crippen molar-refractivity contribution in [1.82, 2.24) is 10.3 Å². The highest BCUT2D eigenvalue weighted by atomic mass is 16.1. The predicted octanol–water partition coefficient (Wildman–Crippen LogP) is 1.64. The van der Waals surface area contributed by atoms with Crippen LogP contribution in [0.5, 0.6) is 0 Å². The van der Waals surface area contributed by atoms with Crippen LogP contribution in [0.25, 0.3) is 0 Å². The van der Waals surface area contributed by atoms with Crippen molar-refractivity contribution in [3.05, 3.63) is 23.5 Å². The van der Waals surface area contributed by atoms with Crippen molar-refractivity contribution in [3.8, 4) is 0 Å². The highest BCUT2D eigenvalue weighted by Gasteiger charge is 2.21. The van der Waals surface area contributed by atoms with Crippen molar-refractivity contribution in [3.63, 3.8) is 0 Å². The molecule has 2 N–H and O–H groups in total. The van der Waals surface area contributed by atoms with Gasteiger partial charge in [-0.15, -0.1) is 0 Å². The second-order valence-corrected chi connectivity index (χ2v) is 4.62. The Morgan fingerprint density at radius 1 is 1.47 bits per heavy atom. The van der Waals surface area contributed by atoms with Gasteiger partial charge in [0.1, 0.15) is 0 Å². The number of carbonyl (C=O) groups excluding carboxylic acids is 1. The molecule has 0 aromatic carbocycles. The first-order chi connectivity index (χ1) is 8.16. The molecule has 4 nitrogen and oxygen atoms in total. The van der Waals surface area contributed by atoms with Gasteiger partial charge in [-0.25, -0.2) is 0 Å². The molecule has 1 amide bonds. The first-order valence-corrected chi connectivity index (χ1v) is 6.12. The lowest BCUT2D eigenvalue weighted by atomic mass is 9.99. The lowest BCUT2D eigenvalue weighted by molar-refractivity contribution is -0.120. The van der Waals surface area contributed by atoms with Gasteiger partial charge in [0, 0.05) is 12.2 Å². The maximum Gasteiger partial charge on any atom is 0.228 e. The van der Waals surface area contributed by atoms with E-state index in [0.29, 0.717) is 0 Å². The Labute approximate surface area is 102 Å². The van der Waals surface area contributed by atoms with Gasteiger partial charge in [0.2, 0.25) is 5.91 Å². The van der Waals surface area contributed by atoms with Gasteiger partial charge < -0.3 is 10.6 Å². The smallest absolute Gasteiger partial charge is 0.228 e. The van der Waals surface area contributed by atoms with Gasteiger partial charge in [-0.3, -0.25) is 9.78 Å². The summed E-state index contributed by atoms with van der Waals surface area (Å²) in [5, 5.41) is 6.21. The zero-order valence-corrected chi connectivity index (χ0v) is 10.4. The molecule has 2 rings (SSSR count). The molecule has 17 heavy (non-hydrogen) atoms. The summed E-state index contributed by atoms with van der Waals surface area (Å²) in [5.74, 6) is 0.190. The number of amides is 1. The Morgan fingerprint density at radius 2 is 2.29 bits per heavy atom. The third-order valence-electron chi connectivity index (χ3n) is 3.15. The number of nitrogens with zero attached hydrogens (tertiary/aromatic N) is 1. The quantitative estimate of drug-likeness (QED) is 0.816. The molecule has 0 unspecified atom stereocenters. The van der Waals surface area contributed by atoms with Crippen molar-refractivity contribution in [2.75, 3.05) is 18.4 Å².